The summed E-state index contributed by atoms with van der Waals surface area (Å²) < 4.78 is 19.6. The lowest BCUT2D eigenvalue weighted by atomic mass is 10.1. The first kappa shape index (κ1) is 13.1. The standard InChI is InChI=1S/C17H18FNO/c18-15-8-4-5-9-16(15)20-17(12-19-14-10-11-14)13-6-2-1-3-7-13/h1-9,14,17,19H,10-12H2. The smallest absolute Gasteiger partial charge is 0.165 e. The van der Waals surface area contributed by atoms with Crippen LogP contribution in [0.2, 0.25) is 0 Å². The molecule has 0 spiro atoms. The summed E-state index contributed by atoms with van der Waals surface area (Å²) in [6, 6.07) is 17.1. The molecule has 1 N–H and O–H groups in total. The molecule has 0 radical (unpaired) electrons. The molecule has 0 heterocycles. The van der Waals surface area contributed by atoms with Crippen molar-refractivity contribution in [2.75, 3.05) is 6.54 Å². The van der Waals surface area contributed by atoms with Crippen LogP contribution in [0.25, 0.3) is 0 Å². The molecule has 1 unspecified atom stereocenters. The van der Waals surface area contributed by atoms with Crippen molar-refractivity contribution in [2.24, 2.45) is 0 Å². The van der Waals surface area contributed by atoms with Crippen LogP contribution >= 0.6 is 0 Å². The second-order valence-corrected chi connectivity index (χ2v) is 5.13. The Morgan fingerprint density at radius 1 is 1.05 bits per heavy atom. The van der Waals surface area contributed by atoms with E-state index in [0.717, 1.165) is 5.56 Å². The van der Waals surface area contributed by atoms with Crippen molar-refractivity contribution in [1.29, 1.82) is 0 Å². The minimum absolute atomic E-state index is 0.173. The first-order chi connectivity index (χ1) is 9.83. The van der Waals surface area contributed by atoms with Crippen molar-refractivity contribution in [2.45, 2.75) is 25.0 Å². The third kappa shape index (κ3) is 3.36. The molecule has 1 saturated carbocycles. The highest BCUT2D eigenvalue weighted by molar-refractivity contribution is 5.26. The molecule has 1 atom stereocenters. The molecular weight excluding hydrogens is 253 g/mol. The number of para-hydroxylation sites is 1. The third-order valence-electron chi connectivity index (χ3n) is 3.45. The Balaban J connectivity index is 1.76. The Morgan fingerprint density at radius 3 is 2.45 bits per heavy atom. The molecule has 3 rings (SSSR count). The maximum absolute atomic E-state index is 13.7. The Labute approximate surface area is 118 Å². The zero-order chi connectivity index (χ0) is 13.8. The highest BCUT2D eigenvalue weighted by Crippen LogP contribution is 2.25. The van der Waals surface area contributed by atoms with Gasteiger partial charge in [-0.15, -0.1) is 0 Å². The molecule has 0 aromatic heterocycles. The fourth-order valence-electron chi connectivity index (χ4n) is 2.15. The van der Waals surface area contributed by atoms with Gasteiger partial charge < -0.3 is 10.1 Å². The highest BCUT2D eigenvalue weighted by Gasteiger charge is 2.23. The second-order valence-electron chi connectivity index (χ2n) is 5.13. The van der Waals surface area contributed by atoms with Crippen molar-refractivity contribution >= 4 is 0 Å². The van der Waals surface area contributed by atoms with Crippen LogP contribution in [0, 0.1) is 5.82 Å². The number of ether oxygens (including phenoxy) is 1. The molecule has 3 heteroatoms. The molecule has 0 saturated heterocycles. The fraction of sp³-hybridized carbons (Fsp3) is 0.294. The van der Waals surface area contributed by atoms with Gasteiger partial charge in [0, 0.05) is 12.6 Å². The number of rotatable bonds is 6. The van der Waals surface area contributed by atoms with E-state index < -0.39 is 0 Å². The number of hydrogen-bond acceptors (Lipinski definition) is 2. The van der Waals surface area contributed by atoms with Gasteiger partial charge in [0.2, 0.25) is 0 Å². The van der Waals surface area contributed by atoms with Crippen LogP contribution in [-0.2, 0) is 0 Å². The van der Waals surface area contributed by atoms with Crippen molar-refractivity contribution in [3.8, 4) is 5.75 Å². The zero-order valence-electron chi connectivity index (χ0n) is 11.3. The average Bonchev–Trinajstić information content (AvgIpc) is 3.30. The lowest BCUT2D eigenvalue weighted by Gasteiger charge is -2.20. The van der Waals surface area contributed by atoms with Crippen molar-refractivity contribution in [1.82, 2.24) is 5.32 Å². The molecule has 20 heavy (non-hydrogen) atoms. The Kier molecular flexibility index (Phi) is 3.97. The first-order valence-electron chi connectivity index (χ1n) is 7.02. The quantitative estimate of drug-likeness (QED) is 0.865. The summed E-state index contributed by atoms with van der Waals surface area (Å²) in [5.74, 6) is -0.0150. The Hall–Kier alpha value is -1.87. The molecule has 1 aliphatic carbocycles. The van der Waals surface area contributed by atoms with E-state index in [9.17, 15) is 4.39 Å². The summed E-state index contributed by atoms with van der Waals surface area (Å²) >= 11 is 0. The number of halogens is 1. The predicted molar refractivity (Wildman–Crippen MR) is 77.2 cm³/mol. The third-order valence-corrected chi connectivity index (χ3v) is 3.45. The highest BCUT2D eigenvalue weighted by atomic mass is 19.1. The molecule has 2 nitrogen and oxygen atoms in total. The van der Waals surface area contributed by atoms with E-state index in [1.807, 2.05) is 30.3 Å². The van der Waals surface area contributed by atoms with Gasteiger partial charge in [-0.1, -0.05) is 42.5 Å². The molecule has 1 aliphatic rings. The van der Waals surface area contributed by atoms with Gasteiger partial charge in [-0.25, -0.2) is 4.39 Å². The summed E-state index contributed by atoms with van der Waals surface area (Å²) in [6.45, 7) is 0.697. The monoisotopic (exact) mass is 271 g/mol. The minimum Gasteiger partial charge on any atom is -0.481 e. The lowest BCUT2D eigenvalue weighted by molar-refractivity contribution is 0.192. The van der Waals surface area contributed by atoms with Crippen LogP contribution in [0.4, 0.5) is 4.39 Å². The largest absolute Gasteiger partial charge is 0.481 e. The molecule has 1 fully saturated rings. The van der Waals surface area contributed by atoms with Crippen LogP contribution in [-0.4, -0.2) is 12.6 Å². The molecular formula is C17H18FNO. The van der Waals surface area contributed by atoms with Gasteiger partial charge in [0.05, 0.1) is 0 Å². The zero-order valence-corrected chi connectivity index (χ0v) is 11.3. The number of hydrogen-bond donors (Lipinski definition) is 1. The summed E-state index contributed by atoms with van der Waals surface area (Å²) in [7, 11) is 0. The molecule has 0 aliphatic heterocycles. The predicted octanol–water partition coefficient (Wildman–Crippen LogP) is 3.70. The van der Waals surface area contributed by atoms with Gasteiger partial charge in [-0.05, 0) is 30.5 Å². The Bertz CT molecular complexity index is 554. The van der Waals surface area contributed by atoms with Gasteiger partial charge >= 0.3 is 0 Å². The average molecular weight is 271 g/mol. The normalized spacial score (nSPS) is 15.8. The molecule has 2 aromatic rings. The SMILES string of the molecule is Fc1ccccc1OC(CNC1CC1)c1ccccc1. The van der Waals surface area contributed by atoms with E-state index in [4.69, 9.17) is 4.74 Å². The van der Waals surface area contributed by atoms with Crippen molar-refractivity contribution in [3.63, 3.8) is 0 Å². The minimum atomic E-state index is -0.320. The number of benzene rings is 2. The van der Waals surface area contributed by atoms with E-state index >= 15 is 0 Å². The van der Waals surface area contributed by atoms with Crippen molar-refractivity contribution in [3.05, 3.63) is 66.0 Å². The number of nitrogens with one attached hydrogen (secondary N) is 1. The van der Waals surface area contributed by atoms with Gasteiger partial charge in [0.1, 0.15) is 6.10 Å². The van der Waals surface area contributed by atoms with E-state index in [2.05, 4.69) is 5.32 Å². The van der Waals surface area contributed by atoms with E-state index in [1.54, 1.807) is 18.2 Å². The topological polar surface area (TPSA) is 21.3 Å². The summed E-state index contributed by atoms with van der Waals surface area (Å²) in [5, 5.41) is 3.45. The second kappa shape index (κ2) is 6.06. The van der Waals surface area contributed by atoms with Crippen molar-refractivity contribution < 1.29 is 9.13 Å². The van der Waals surface area contributed by atoms with Gasteiger partial charge in [-0.3, -0.25) is 0 Å². The lowest BCUT2D eigenvalue weighted by Crippen LogP contribution is -2.27. The summed E-state index contributed by atoms with van der Waals surface area (Å²) in [4.78, 5) is 0. The van der Waals surface area contributed by atoms with Gasteiger partial charge in [0.25, 0.3) is 0 Å². The van der Waals surface area contributed by atoms with Gasteiger partial charge in [0.15, 0.2) is 11.6 Å². The maximum atomic E-state index is 13.7. The first-order valence-corrected chi connectivity index (χ1v) is 7.02. The molecule has 104 valence electrons. The molecule has 0 bridgehead atoms. The van der Waals surface area contributed by atoms with E-state index in [0.29, 0.717) is 18.3 Å². The van der Waals surface area contributed by atoms with Crippen LogP contribution < -0.4 is 10.1 Å². The molecule has 0 amide bonds. The van der Waals surface area contributed by atoms with E-state index in [1.165, 1.54) is 18.9 Å². The summed E-state index contributed by atoms with van der Waals surface area (Å²) in [6.07, 6.45) is 2.27. The van der Waals surface area contributed by atoms with Crippen LogP contribution in [0.3, 0.4) is 0 Å². The van der Waals surface area contributed by atoms with E-state index in [-0.39, 0.29) is 11.9 Å². The van der Waals surface area contributed by atoms with Crippen LogP contribution in [0.15, 0.2) is 54.6 Å². The maximum Gasteiger partial charge on any atom is 0.165 e. The van der Waals surface area contributed by atoms with Crippen LogP contribution in [0.1, 0.15) is 24.5 Å². The molecule has 2 aromatic carbocycles. The fourth-order valence-corrected chi connectivity index (χ4v) is 2.15. The summed E-state index contributed by atoms with van der Waals surface area (Å²) in [5.41, 5.74) is 1.06. The van der Waals surface area contributed by atoms with Gasteiger partial charge in [-0.2, -0.15) is 0 Å². The van der Waals surface area contributed by atoms with Crippen LogP contribution in [0.5, 0.6) is 5.75 Å². The Morgan fingerprint density at radius 2 is 1.75 bits per heavy atom.